The predicted octanol–water partition coefficient (Wildman–Crippen LogP) is 3.26. The van der Waals surface area contributed by atoms with E-state index in [2.05, 4.69) is 0 Å². The van der Waals surface area contributed by atoms with Crippen molar-refractivity contribution in [3.8, 4) is 0 Å². The Labute approximate surface area is 161 Å². The molecule has 5 nitrogen and oxygen atoms in total. The van der Waals surface area contributed by atoms with E-state index in [-0.39, 0.29) is 18.3 Å². The van der Waals surface area contributed by atoms with Crippen LogP contribution in [0.25, 0.3) is 0 Å². The molecule has 1 aliphatic rings. The number of aliphatic hydroxyl groups excluding tert-OH is 2. The van der Waals surface area contributed by atoms with Crippen LogP contribution in [0.5, 0.6) is 0 Å². The molecule has 0 saturated heterocycles. The van der Waals surface area contributed by atoms with Crippen molar-refractivity contribution in [1.29, 1.82) is 0 Å². The summed E-state index contributed by atoms with van der Waals surface area (Å²) in [6.45, 7) is 1.78. The van der Waals surface area contributed by atoms with Crippen LogP contribution in [0.1, 0.15) is 58.3 Å². The number of hydrogen-bond donors (Lipinski definition) is 4. The fourth-order valence-corrected chi connectivity index (χ4v) is 3.61. The molecule has 0 bridgehead atoms. The smallest absolute Gasteiger partial charge is 0.303 e. The standard InChI is InChI=1S/C20H33ClO5/c1-20(26,12-7-13-21)11-6-9-16-15(17(22)14-18(16)23)8-4-2-3-5-10-19(24)25/h2,4,6,9,15-18,22-23,26H,3,5,7-8,10-14H2,1H3,(H,24,25)/b4-2-,9-6+/t15-,16-,17+,18-,20?/m1/s1. The van der Waals surface area contributed by atoms with Crippen molar-refractivity contribution in [2.75, 3.05) is 5.88 Å². The number of alkyl halides is 1. The van der Waals surface area contributed by atoms with Crippen LogP contribution in [0.3, 0.4) is 0 Å². The predicted molar refractivity (Wildman–Crippen MR) is 103 cm³/mol. The third-order valence-electron chi connectivity index (χ3n) is 5.02. The molecule has 0 aromatic heterocycles. The molecule has 0 spiro atoms. The topological polar surface area (TPSA) is 98.0 Å². The summed E-state index contributed by atoms with van der Waals surface area (Å²) in [5.41, 5.74) is -0.812. The van der Waals surface area contributed by atoms with Gasteiger partial charge in [0.15, 0.2) is 0 Å². The number of allylic oxidation sites excluding steroid dienone is 2. The van der Waals surface area contributed by atoms with Gasteiger partial charge in [0.05, 0.1) is 17.8 Å². The molecule has 5 atom stereocenters. The van der Waals surface area contributed by atoms with E-state index in [1.807, 2.05) is 24.3 Å². The first kappa shape index (κ1) is 23.2. The molecule has 0 aromatic carbocycles. The molecule has 1 fully saturated rings. The monoisotopic (exact) mass is 388 g/mol. The van der Waals surface area contributed by atoms with E-state index >= 15 is 0 Å². The highest BCUT2D eigenvalue weighted by molar-refractivity contribution is 6.17. The number of carbonyl (C=O) groups is 1. The first-order valence-corrected chi connectivity index (χ1v) is 9.98. The Hall–Kier alpha value is -0.880. The van der Waals surface area contributed by atoms with E-state index in [1.54, 1.807) is 6.92 Å². The molecular weight excluding hydrogens is 356 g/mol. The van der Waals surface area contributed by atoms with Crippen molar-refractivity contribution in [3.05, 3.63) is 24.3 Å². The lowest BCUT2D eigenvalue weighted by Gasteiger charge is -2.22. The molecule has 150 valence electrons. The molecule has 26 heavy (non-hydrogen) atoms. The summed E-state index contributed by atoms with van der Waals surface area (Å²) in [5.74, 6) is -0.476. The Bertz CT molecular complexity index is 475. The Morgan fingerprint density at radius 3 is 2.58 bits per heavy atom. The molecule has 6 heteroatoms. The average Bonchev–Trinajstić information content (AvgIpc) is 2.82. The van der Waals surface area contributed by atoms with E-state index in [0.29, 0.717) is 44.4 Å². The largest absolute Gasteiger partial charge is 0.481 e. The minimum Gasteiger partial charge on any atom is -0.481 e. The van der Waals surface area contributed by atoms with Gasteiger partial charge in [-0.25, -0.2) is 0 Å². The Morgan fingerprint density at radius 2 is 1.92 bits per heavy atom. The normalized spacial score (nSPS) is 28.8. The van der Waals surface area contributed by atoms with Crippen LogP contribution in [0.4, 0.5) is 0 Å². The van der Waals surface area contributed by atoms with Gasteiger partial charge in [-0.05, 0) is 51.4 Å². The van der Waals surface area contributed by atoms with Crippen molar-refractivity contribution < 1.29 is 25.2 Å². The van der Waals surface area contributed by atoms with Crippen molar-refractivity contribution in [1.82, 2.24) is 0 Å². The van der Waals surface area contributed by atoms with Gasteiger partial charge < -0.3 is 20.4 Å². The molecule has 0 amide bonds. The van der Waals surface area contributed by atoms with Crippen LogP contribution >= 0.6 is 11.6 Å². The van der Waals surface area contributed by atoms with Gasteiger partial charge in [0.1, 0.15) is 0 Å². The minimum atomic E-state index is -0.812. The van der Waals surface area contributed by atoms with Gasteiger partial charge in [0.25, 0.3) is 0 Å². The third kappa shape index (κ3) is 8.67. The average molecular weight is 389 g/mol. The lowest BCUT2D eigenvalue weighted by atomic mass is 9.88. The maximum atomic E-state index is 10.5. The lowest BCUT2D eigenvalue weighted by Crippen LogP contribution is -2.24. The van der Waals surface area contributed by atoms with E-state index in [4.69, 9.17) is 16.7 Å². The number of hydrogen-bond acceptors (Lipinski definition) is 4. The summed E-state index contributed by atoms with van der Waals surface area (Å²) >= 11 is 5.67. The maximum Gasteiger partial charge on any atom is 0.303 e. The van der Waals surface area contributed by atoms with Crippen LogP contribution in [0, 0.1) is 11.8 Å². The summed E-state index contributed by atoms with van der Waals surface area (Å²) in [7, 11) is 0. The summed E-state index contributed by atoms with van der Waals surface area (Å²) < 4.78 is 0. The number of aliphatic carboxylic acids is 1. The molecular formula is C20H33ClO5. The fraction of sp³-hybridized carbons (Fsp3) is 0.750. The quantitative estimate of drug-likeness (QED) is 0.234. The van der Waals surface area contributed by atoms with Crippen LogP contribution in [-0.2, 0) is 4.79 Å². The molecule has 1 unspecified atom stereocenters. The van der Waals surface area contributed by atoms with Gasteiger partial charge >= 0.3 is 5.97 Å². The third-order valence-corrected chi connectivity index (χ3v) is 5.28. The molecule has 0 heterocycles. The van der Waals surface area contributed by atoms with Gasteiger partial charge in [0.2, 0.25) is 0 Å². The molecule has 1 aliphatic carbocycles. The number of unbranched alkanes of at least 4 members (excludes halogenated alkanes) is 1. The van der Waals surface area contributed by atoms with Gasteiger partial charge in [-0.1, -0.05) is 24.3 Å². The summed E-state index contributed by atoms with van der Waals surface area (Å²) in [5, 5.41) is 39.3. The highest BCUT2D eigenvalue weighted by atomic mass is 35.5. The zero-order chi connectivity index (χ0) is 19.6. The van der Waals surface area contributed by atoms with E-state index in [0.717, 1.165) is 6.42 Å². The van der Waals surface area contributed by atoms with Crippen LogP contribution < -0.4 is 0 Å². The molecule has 0 radical (unpaired) electrons. The summed E-state index contributed by atoms with van der Waals surface area (Å²) in [6, 6.07) is 0. The maximum absolute atomic E-state index is 10.5. The number of rotatable bonds is 12. The number of carboxylic acid groups (broad SMARTS) is 1. The van der Waals surface area contributed by atoms with Crippen molar-refractivity contribution in [2.24, 2.45) is 11.8 Å². The van der Waals surface area contributed by atoms with E-state index in [9.17, 15) is 20.1 Å². The molecule has 0 aromatic rings. The Kier molecular flexibility index (Phi) is 10.5. The van der Waals surface area contributed by atoms with Crippen molar-refractivity contribution >= 4 is 17.6 Å². The Balaban J connectivity index is 2.51. The zero-order valence-electron chi connectivity index (χ0n) is 15.6. The fourth-order valence-electron chi connectivity index (χ4n) is 3.48. The lowest BCUT2D eigenvalue weighted by molar-refractivity contribution is -0.137. The SMILES string of the molecule is CC(O)(C/C=C/[C@@H]1[C@@H](C/C=C\CCCC(=O)O)[C@@H](O)C[C@H]1O)CCCCl. The van der Waals surface area contributed by atoms with Gasteiger partial charge in [0, 0.05) is 24.6 Å². The van der Waals surface area contributed by atoms with Crippen LogP contribution in [-0.4, -0.2) is 50.1 Å². The molecule has 4 N–H and O–H groups in total. The first-order valence-electron chi connectivity index (χ1n) is 9.45. The first-order chi connectivity index (χ1) is 12.3. The summed E-state index contributed by atoms with van der Waals surface area (Å²) in [6.07, 6.45) is 10.9. The molecule has 1 saturated carbocycles. The van der Waals surface area contributed by atoms with Gasteiger partial charge in [-0.15, -0.1) is 11.6 Å². The second-order valence-corrected chi connectivity index (χ2v) is 7.90. The second kappa shape index (κ2) is 11.8. The van der Waals surface area contributed by atoms with Gasteiger partial charge in [-0.2, -0.15) is 0 Å². The van der Waals surface area contributed by atoms with E-state index in [1.165, 1.54) is 0 Å². The highest BCUT2D eigenvalue weighted by Gasteiger charge is 2.39. The second-order valence-electron chi connectivity index (χ2n) is 7.53. The van der Waals surface area contributed by atoms with Crippen molar-refractivity contribution in [3.63, 3.8) is 0 Å². The van der Waals surface area contributed by atoms with Crippen LogP contribution in [0.2, 0.25) is 0 Å². The molecule has 0 aliphatic heterocycles. The minimum absolute atomic E-state index is 0.0650. The van der Waals surface area contributed by atoms with Crippen molar-refractivity contribution in [2.45, 2.75) is 76.1 Å². The molecule has 1 rings (SSSR count). The Morgan fingerprint density at radius 1 is 1.19 bits per heavy atom. The van der Waals surface area contributed by atoms with Crippen LogP contribution in [0.15, 0.2) is 24.3 Å². The zero-order valence-corrected chi connectivity index (χ0v) is 16.3. The number of aliphatic hydroxyl groups is 3. The van der Waals surface area contributed by atoms with Gasteiger partial charge in [-0.3, -0.25) is 4.79 Å². The number of halogens is 1. The highest BCUT2D eigenvalue weighted by Crippen LogP contribution is 2.36. The number of carboxylic acids is 1. The van der Waals surface area contributed by atoms with E-state index < -0.39 is 23.8 Å². The summed E-state index contributed by atoms with van der Waals surface area (Å²) in [4.78, 5) is 10.5.